The first-order valence-electron chi connectivity index (χ1n) is 11.7. The number of carbonyl (C=O) groups excluding carboxylic acids is 2. The van der Waals surface area contributed by atoms with Gasteiger partial charge in [-0.15, -0.1) is 0 Å². The number of ketones is 1. The predicted octanol–water partition coefficient (Wildman–Crippen LogP) is 4.61. The Kier molecular flexibility index (Phi) is 6.20. The van der Waals surface area contributed by atoms with Crippen molar-refractivity contribution in [1.82, 2.24) is 19.4 Å². The number of nitrogens with one attached hydrogen (secondary N) is 2. The lowest BCUT2D eigenvalue weighted by molar-refractivity contribution is 0.101. The highest BCUT2D eigenvalue weighted by Crippen LogP contribution is 2.36. The van der Waals surface area contributed by atoms with Crippen molar-refractivity contribution in [3.63, 3.8) is 0 Å². The van der Waals surface area contributed by atoms with Crippen LogP contribution >= 0.6 is 0 Å². The molecule has 0 unspecified atom stereocenters. The van der Waals surface area contributed by atoms with Gasteiger partial charge in [0.15, 0.2) is 5.76 Å². The number of amides is 2. The van der Waals surface area contributed by atoms with E-state index in [0.29, 0.717) is 17.0 Å². The summed E-state index contributed by atoms with van der Waals surface area (Å²) in [6.07, 6.45) is 8.28. The zero-order valence-corrected chi connectivity index (χ0v) is 20.4. The number of allylic oxidation sites excluding steroid dienone is 1. The molecule has 2 N–H and O–H groups in total. The number of anilines is 1. The lowest BCUT2D eigenvalue weighted by Crippen LogP contribution is -2.24. The molecule has 1 aliphatic heterocycles. The zero-order chi connectivity index (χ0) is 25.2. The number of aromatic nitrogens is 3. The molecular formula is C27H27N5O4. The largest absolute Gasteiger partial charge is 0.497 e. The number of carbonyl (C=O) groups is 2. The summed E-state index contributed by atoms with van der Waals surface area (Å²) < 4.78 is 15.7. The molecule has 9 nitrogen and oxygen atoms in total. The third kappa shape index (κ3) is 4.31. The van der Waals surface area contributed by atoms with E-state index in [2.05, 4.69) is 24.8 Å². The van der Waals surface area contributed by atoms with Crippen LogP contribution in [0.5, 0.6) is 11.5 Å². The van der Waals surface area contributed by atoms with E-state index in [-0.39, 0.29) is 17.6 Å². The molecule has 1 aliphatic rings. The summed E-state index contributed by atoms with van der Waals surface area (Å²) >= 11 is 0. The smallest absolute Gasteiger partial charge is 0.318 e. The molecule has 0 saturated carbocycles. The Bertz CT molecular complexity index is 1480. The minimum Gasteiger partial charge on any atom is -0.497 e. The maximum Gasteiger partial charge on any atom is 0.318 e. The van der Waals surface area contributed by atoms with E-state index < -0.39 is 0 Å². The molecule has 36 heavy (non-hydrogen) atoms. The highest BCUT2D eigenvalue weighted by atomic mass is 16.5. The molecule has 3 heterocycles. The van der Waals surface area contributed by atoms with E-state index in [4.69, 9.17) is 9.47 Å². The monoisotopic (exact) mass is 485 g/mol. The van der Waals surface area contributed by atoms with Crippen molar-refractivity contribution in [3.8, 4) is 11.5 Å². The van der Waals surface area contributed by atoms with Crippen molar-refractivity contribution < 1.29 is 19.1 Å². The number of Topliss-reactive ketones (excluding diaryl/α,β-unsaturated/α-hetero) is 1. The number of nitrogens with zero attached hydrogens (tertiary/aromatic N) is 3. The second-order valence-electron chi connectivity index (χ2n) is 8.54. The van der Waals surface area contributed by atoms with Crippen molar-refractivity contribution in [2.45, 2.75) is 26.4 Å². The van der Waals surface area contributed by atoms with Crippen molar-refractivity contribution >= 4 is 34.5 Å². The van der Waals surface area contributed by atoms with Gasteiger partial charge in [-0.05, 0) is 55.8 Å². The fourth-order valence-electron chi connectivity index (χ4n) is 4.51. The number of benzene rings is 2. The van der Waals surface area contributed by atoms with E-state index in [9.17, 15) is 9.59 Å². The van der Waals surface area contributed by atoms with Gasteiger partial charge in [0.1, 0.15) is 11.5 Å². The number of imidazole rings is 1. The zero-order valence-electron chi connectivity index (χ0n) is 20.4. The first-order valence-corrected chi connectivity index (χ1v) is 11.7. The third-order valence-corrected chi connectivity index (χ3v) is 6.36. The molecule has 9 heteroatoms. The third-order valence-electron chi connectivity index (χ3n) is 6.36. The van der Waals surface area contributed by atoms with Gasteiger partial charge < -0.3 is 29.2 Å². The van der Waals surface area contributed by atoms with Crippen molar-refractivity contribution in [2.75, 3.05) is 19.5 Å². The molecule has 0 fully saturated rings. The molecule has 4 aromatic rings. The highest BCUT2D eigenvalue weighted by Gasteiger charge is 2.29. The van der Waals surface area contributed by atoms with Crippen LogP contribution in [0.2, 0.25) is 0 Å². The Morgan fingerprint density at radius 3 is 2.81 bits per heavy atom. The van der Waals surface area contributed by atoms with Crippen LogP contribution in [0.15, 0.2) is 60.9 Å². The van der Waals surface area contributed by atoms with Crippen molar-refractivity contribution in [1.29, 1.82) is 0 Å². The van der Waals surface area contributed by atoms with Crippen molar-refractivity contribution in [3.05, 3.63) is 77.7 Å². The van der Waals surface area contributed by atoms with Crippen LogP contribution in [-0.4, -0.2) is 40.1 Å². The van der Waals surface area contributed by atoms with E-state index in [0.717, 1.165) is 47.4 Å². The van der Waals surface area contributed by atoms with E-state index >= 15 is 0 Å². The summed E-state index contributed by atoms with van der Waals surface area (Å²) in [6.45, 7) is 3.71. The van der Waals surface area contributed by atoms with Crippen LogP contribution in [0.25, 0.3) is 17.0 Å². The average Bonchev–Trinajstić information content (AvgIpc) is 3.58. The van der Waals surface area contributed by atoms with Crippen LogP contribution in [0.1, 0.15) is 28.0 Å². The molecule has 0 bridgehead atoms. The van der Waals surface area contributed by atoms with Crippen molar-refractivity contribution in [2.24, 2.45) is 0 Å². The SMILES string of the molecule is CNC(=O)Nc1ccc2c(c1)C(=O)C(=Cc1c(C)n(CCCn3ccnc3)c3ccc(OC)cc13)O2. The number of urea groups is 1. The number of methoxy groups -OCH3 is 1. The first-order chi connectivity index (χ1) is 17.5. The summed E-state index contributed by atoms with van der Waals surface area (Å²) in [4.78, 5) is 29.0. The first kappa shape index (κ1) is 23.2. The molecule has 2 aromatic carbocycles. The van der Waals surface area contributed by atoms with E-state index in [1.807, 2.05) is 37.6 Å². The fraction of sp³-hybridized carbons (Fsp3) is 0.222. The Morgan fingerprint density at radius 2 is 2.06 bits per heavy atom. The standard InChI is InChI=1S/C27H27N5O4/c1-17-20(15-25-26(33)22-13-18(30-27(34)28-2)5-8-24(22)36-25)21-14-19(35-3)6-7-23(21)32(17)11-4-10-31-12-9-29-16-31/h5-9,12-16H,4,10-11H2,1-3H3,(H2,28,30,34). The molecular weight excluding hydrogens is 458 g/mol. The molecule has 2 amide bonds. The highest BCUT2D eigenvalue weighted by molar-refractivity contribution is 6.16. The predicted molar refractivity (Wildman–Crippen MR) is 138 cm³/mol. The Balaban J connectivity index is 1.49. The molecule has 184 valence electrons. The van der Waals surface area contributed by atoms with Gasteiger partial charge in [0.05, 0.1) is 19.0 Å². The topological polar surface area (TPSA) is 99.4 Å². The molecule has 0 radical (unpaired) electrons. The van der Waals surface area contributed by atoms with E-state index in [1.54, 1.807) is 37.6 Å². The maximum absolute atomic E-state index is 13.2. The Hall–Kier alpha value is -4.53. The molecule has 0 spiro atoms. The number of fused-ring (bicyclic) bond motifs is 2. The maximum atomic E-state index is 13.2. The normalized spacial score (nSPS) is 13.6. The summed E-state index contributed by atoms with van der Waals surface area (Å²) in [7, 11) is 3.17. The quantitative estimate of drug-likeness (QED) is 0.373. The van der Waals surface area contributed by atoms with Crippen LogP contribution in [0, 0.1) is 6.92 Å². The Morgan fingerprint density at radius 1 is 1.19 bits per heavy atom. The summed E-state index contributed by atoms with van der Waals surface area (Å²) in [6, 6.07) is 10.6. The lowest BCUT2D eigenvalue weighted by Gasteiger charge is -2.09. The minimum atomic E-state index is -0.359. The lowest BCUT2D eigenvalue weighted by atomic mass is 10.1. The molecule has 2 aromatic heterocycles. The van der Waals surface area contributed by atoms with Crippen LogP contribution < -0.4 is 20.1 Å². The summed E-state index contributed by atoms with van der Waals surface area (Å²) in [5.41, 5.74) is 3.93. The number of aryl methyl sites for hydroxylation is 2. The minimum absolute atomic E-state index is 0.228. The summed E-state index contributed by atoms with van der Waals surface area (Å²) in [5, 5.41) is 6.16. The molecule has 5 rings (SSSR count). The van der Waals surface area contributed by atoms with Crippen LogP contribution in [-0.2, 0) is 13.1 Å². The van der Waals surface area contributed by atoms with E-state index in [1.165, 1.54) is 7.05 Å². The Labute approximate surface area is 208 Å². The molecule has 0 saturated heterocycles. The number of ether oxygens (including phenoxy) is 2. The summed E-state index contributed by atoms with van der Waals surface area (Å²) in [5.74, 6) is 1.22. The number of hydrogen-bond acceptors (Lipinski definition) is 5. The second kappa shape index (κ2) is 9.61. The van der Waals surface area contributed by atoms with Gasteiger partial charge in [-0.2, -0.15) is 0 Å². The second-order valence-corrected chi connectivity index (χ2v) is 8.54. The van der Waals surface area contributed by atoms with Gasteiger partial charge in [-0.3, -0.25) is 4.79 Å². The van der Waals surface area contributed by atoms with Gasteiger partial charge >= 0.3 is 6.03 Å². The van der Waals surface area contributed by atoms with Crippen LogP contribution in [0.4, 0.5) is 10.5 Å². The number of hydrogen-bond donors (Lipinski definition) is 2. The van der Waals surface area contributed by atoms with Gasteiger partial charge in [0.2, 0.25) is 5.78 Å². The average molecular weight is 486 g/mol. The number of rotatable bonds is 7. The molecule has 0 atom stereocenters. The van der Waals surface area contributed by atoms with Gasteiger partial charge in [0.25, 0.3) is 0 Å². The fourth-order valence-corrected chi connectivity index (χ4v) is 4.51. The van der Waals surface area contributed by atoms with Gasteiger partial charge in [0, 0.05) is 60.4 Å². The van der Waals surface area contributed by atoms with Gasteiger partial charge in [-0.25, -0.2) is 9.78 Å². The van der Waals surface area contributed by atoms with Gasteiger partial charge in [-0.1, -0.05) is 0 Å². The molecule has 0 aliphatic carbocycles. The van der Waals surface area contributed by atoms with Crippen LogP contribution in [0.3, 0.4) is 0 Å².